The molecule has 2 aromatic rings. The minimum atomic E-state index is -0.363. The van der Waals surface area contributed by atoms with Gasteiger partial charge in [0.05, 0.1) is 16.1 Å². The molecule has 0 aliphatic rings. The summed E-state index contributed by atoms with van der Waals surface area (Å²) < 4.78 is 13.8. The van der Waals surface area contributed by atoms with Crippen LogP contribution in [0.3, 0.4) is 0 Å². The predicted octanol–water partition coefficient (Wildman–Crippen LogP) is 4.53. The smallest absolute Gasteiger partial charge is 0.127 e. The first-order valence-electron chi connectivity index (χ1n) is 5.87. The second kappa shape index (κ2) is 6.74. The third kappa shape index (κ3) is 3.43. The molecule has 0 aliphatic carbocycles. The molecule has 0 aliphatic heterocycles. The van der Waals surface area contributed by atoms with Gasteiger partial charge in [-0.1, -0.05) is 46.9 Å². The minimum Gasteiger partial charge on any atom is -0.271 e. The molecule has 1 unspecified atom stereocenters. The third-order valence-electron chi connectivity index (χ3n) is 3.02. The van der Waals surface area contributed by atoms with Gasteiger partial charge in [0.1, 0.15) is 5.82 Å². The van der Waals surface area contributed by atoms with Crippen LogP contribution >= 0.6 is 34.8 Å². The van der Waals surface area contributed by atoms with Crippen molar-refractivity contribution in [3.8, 4) is 0 Å². The van der Waals surface area contributed by atoms with Crippen LogP contribution in [0, 0.1) is 5.82 Å². The van der Waals surface area contributed by atoms with Crippen LogP contribution in [0.25, 0.3) is 0 Å². The topological polar surface area (TPSA) is 38.0 Å². The molecule has 0 saturated carbocycles. The predicted molar refractivity (Wildman–Crippen MR) is 81.6 cm³/mol. The second-order valence-electron chi connectivity index (χ2n) is 4.30. The molecule has 20 heavy (non-hydrogen) atoms. The molecule has 0 bridgehead atoms. The molecular formula is C14H12Cl3FN2. The Kier molecular flexibility index (Phi) is 5.24. The summed E-state index contributed by atoms with van der Waals surface area (Å²) >= 11 is 17.9. The Morgan fingerprint density at radius 3 is 2.40 bits per heavy atom. The monoisotopic (exact) mass is 332 g/mol. The van der Waals surface area contributed by atoms with Crippen molar-refractivity contribution in [2.45, 2.75) is 12.5 Å². The van der Waals surface area contributed by atoms with Crippen LogP contribution in [0.4, 0.5) is 4.39 Å². The Labute approximate surface area is 131 Å². The van der Waals surface area contributed by atoms with E-state index in [1.54, 1.807) is 30.3 Å². The Bertz CT molecular complexity index is 599. The highest BCUT2D eigenvalue weighted by Crippen LogP contribution is 2.29. The molecule has 0 amide bonds. The highest BCUT2D eigenvalue weighted by atomic mass is 35.5. The van der Waals surface area contributed by atoms with E-state index in [1.807, 2.05) is 0 Å². The van der Waals surface area contributed by atoms with Crippen molar-refractivity contribution in [2.75, 3.05) is 0 Å². The highest BCUT2D eigenvalue weighted by molar-refractivity contribution is 6.42. The van der Waals surface area contributed by atoms with Gasteiger partial charge in [-0.25, -0.2) is 4.39 Å². The molecule has 106 valence electrons. The van der Waals surface area contributed by atoms with Gasteiger partial charge in [0.2, 0.25) is 0 Å². The van der Waals surface area contributed by atoms with E-state index in [4.69, 9.17) is 40.6 Å². The molecule has 0 radical (unpaired) electrons. The Morgan fingerprint density at radius 2 is 1.80 bits per heavy atom. The lowest BCUT2D eigenvalue weighted by molar-refractivity contribution is 0.529. The molecule has 2 aromatic carbocycles. The maximum absolute atomic E-state index is 13.8. The maximum atomic E-state index is 13.8. The molecule has 0 spiro atoms. The van der Waals surface area contributed by atoms with Crippen LogP contribution in [-0.4, -0.2) is 0 Å². The Hall–Kier alpha value is -0.840. The molecular weight excluding hydrogens is 322 g/mol. The number of nitrogens with one attached hydrogen (secondary N) is 1. The molecule has 6 heteroatoms. The van der Waals surface area contributed by atoms with Gasteiger partial charge in [0.15, 0.2) is 0 Å². The van der Waals surface area contributed by atoms with Crippen LogP contribution < -0.4 is 11.3 Å². The van der Waals surface area contributed by atoms with Crippen molar-refractivity contribution < 1.29 is 4.39 Å². The second-order valence-corrected chi connectivity index (χ2v) is 5.52. The normalized spacial score (nSPS) is 12.4. The lowest BCUT2D eigenvalue weighted by atomic mass is 9.99. The van der Waals surface area contributed by atoms with Crippen molar-refractivity contribution in [1.82, 2.24) is 5.43 Å². The van der Waals surface area contributed by atoms with Crippen molar-refractivity contribution in [3.63, 3.8) is 0 Å². The van der Waals surface area contributed by atoms with Crippen LogP contribution in [0.2, 0.25) is 15.1 Å². The fourth-order valence-electron chi connectivity index (χ4n) is 1.93. The van der Waals surface area contributed by atoms with Crippen LogP contribution in [0.5, 0.6) is 0 Å². The van der Waals surface area contributed by atoms with Crippen molar-refractivity contribution in [2.24, 2.45) is 5.84 Å². The van der Waals surface area contributed by atoms with Crippen molar-refractivity contribution >= 4 is 34.8 Å². The van der Waals surface area contributed by atoms with Gasteiger partial charge in [-0.2, -0.15) is 0 Å². The van der Waals surface area contributed by atoms with Gasteiger partial charge < -0.3 is 0 Å². The zero-order valence-electron chi connectivity index (χ0n) is 10.3. The zero-order chi connectivity index (χ0) is 14.7. The summed E-state index contributed by atoms with van der Waals surface area (Å²) in [5, 5.41) is 1.24. The van der Waals surface area contributed by atoms with E-state index in [0.29, 0.717) is 27.1 Å². The van der Waals surface area contributed by atoms with Crippen LogP contribution in [0.1, 0.15) is 17.2 Å². The van der Waals surface area contributed by atoms with Crippen LogP contribution in [0.15, 0.2) is 36.4 Å². The fourth-order valence-corrected chi connectivity index (χ4v) is 2.48. The van der Waals surface area contributed by atoms with Gasteiger partial charge in [-0.15, -0.1) is 0 Å². The quantitative estimate of drug-likeness (QED) is 0.637. The highest BCUT2D eigenvalue weighted by Gasteiger charge is 2.16. The van der Waals surface area contributed by atoms with Crippen molar-refractivity contribution in [1.29, 1.82) is 0 Å². The van der Waals surface area contributed by atoms with E-state index >= 15 is 0 Å². The first kappa shape index (κ1) is 15.5. The van der Waals surface area contributed by atoms with E-state index < -0.39 is 0 Å². The van der Waals surface area contributed by atoms with E-state index in [2.05, 4.69) is 5.43 Å². The standard InChI is InChI=1S/C14H12Cl3FN2/c15-10-2-1-3-13(18)9(10)7-14(20-19)8-4-5-11(16)12(17)6-8/h1-6,14,20H,7,19H2. The average Bonchev–Trinajstić information content (AvgIpc) is 2.42. The van der Waals surface area contributed by atoms with Gasteiger partial charge in [0, 0.05) is 10.6 Å². The summed E-state index contributed by atoms with van der Waals surface area (Å²) in [5.41, 5.74) is 3.85. The number of hydrogen-bond donors (Lipinski definition) is 2. The molecule has 3 N–H and O–H groups in total. The first-order chi connectivity index (χ1) is 9.52. The molecule has 2 rings (SSSR count). The summed E-state index contributed by atoms with van der Waals surface area (Å²) in [6, 6.07) is 9.40. The third-order valence-corrected chi connectivity index (χ3v) is 4.11. The van der Waals surface area contributed by atoms with Crippen LogP contribution in [-0.2, 0) is 6.42 Å². The van der Waals surface area contributed by atoms with E-state index in [9.17, 15) is 4.39 Å². The van der Waals surface area contributed by atoms with Gasteiger partial charge >= 0.3 is 0 Å². The number of hydrazine groups is 1. The summed E-state index contributed by atoms with van der Waals surface area (Å²) in [7, 11) is 0. The largest absolute Gasteiger partial charge is 0.271 e. The van der Waals surface area contributed by atoms with Crippen molar-refractivity contribution in [3.05, 3.63) is 68.4 Å². The number of nitrogens with two attached hydrogens (primary N) is 1. The zero-order valence-corrected chi connectivity index (χ0v) is 12.6. The molecule has 0 fully saturated rings. The number of rotatable bonds is 4. The summed E-state index contributed by atoms with van der Waals surface area (Å²) in [5.74, 6) is 5.19. The number of halogens is 4. The Balaban J connectivity index is 2.31. The van der Waals surface area contributed by atoms with Gasteiger partial charge in [-0.3, -0.25) is 11.3 Å². The molecule has 0 saturated heterocycles. The summed E-state index contributed by atoms with van der Waals surface area (Å²) in [6.07, 6.45) is 0.306. The number of benzene rings is 2. The first-order valence-corrected chi connectivity index (χ1v) is 7.00. The van der Waals surface area contributed by atoms with E-state index in [1.165, 1.54) is 6.07 Å². The van der Waals surface area contributed by atoms with Gasteiger partial charge in [-0.05, 0) is 36.2 Å². The fraction of sp³-hybridized carbons (Fsp3) is 0.143. The van der Waals surface area contributed by atoms with E-state index in [-0.39, 0.29) is 11.9 Å². The summed E-state index contributed by atoms with van der Waals surface area (Å²) in [6.45, 7) is 0. The average molecular weight is 334 g/mol. The molecule has 0 heterocycles. The Morgan fingerprint density at radius 1 is 1.05 bits per heavy atom. The minimum absolute atomic E-state index is 0.306. The lowest BCUT2D eigenvalue weighted by Gasteiger charge is -2.18. The van der Waals surface area contributed by atoms with Gasteiger partial charge in [0.25, 0.3) is 0 Å². The maximum Gasteiger partial charge on any atom is 0.127 e. The number of hydrogen-bond acceptors (Lipinski definition) is 2. The lowest BCUT2D eigenvalue weighted by Crippen LogP contribution is -2.29. The van der Waals surface area contributed by atoms with E-state index in [0.717, 1.165) is 5.56 Å². The molecule has 0 aromatic heterocycles. The molecule has 2 nitrogen and oxygen atoms in total. The molecule has 1 atom stereocenters. The summed E-state index contributed by atoms with van der Waals surface area (Å²) in [4.78, 5) is 0. The SMILES string of the molecule is NNC(Cc1c(F)cccc1Cl)c1ccc(Cl)c(Cl)c1.